The lowest BCUT2D eigenvalue weighted by Gasteiger charge is -2.17. The number of nitrogens with one attached hydrogen (secondary N) is 1. The summed E-state index contributed by atoms with van der Waals surface area (Å²) in [6, 6.07) is 10.3. The van der Waals surface area contributed by atoms with Gasteiger partial charge >= 0.3 is 0 Å². The average molecular weight is 426 g/mol. The van der Waals surface area contributed by atoms with E-state index in [2.05, 4.69) is 53.5 Å². The summed E-state index contributed by atoms with van der Waals surface area (Å²) in [6.45, 7) is 4.22. The van der Waals surface area contributed by atoms with Gasteiger partial charge in [0.25, 0.3) is 0 Å². The lowest BCUT2D eigenvalue weighted by molar-refractivity contribution is 0.621. The summed E-state index contributed by atoms with van der Waals surface area (Å²) in [6.07, 6.45) is 7.58. The Hall–Kier alpha value is -3.61. The molecule has 32 heavy (non-hydrogen) atoms. The Morgan fingerprint density at radius 3 is 2.81 bits per heavy atom. The third-order valence-electron chi connectivity index (χ3n) is 6.43. The topological polar surface area (TPSA) is 68.0 Å². The van der Waals surface area contributed by atoms with E-state index in [1.54, 1.807) is 10.7 Å². The molecular formula is C25H23FN6. The Labute approximate surface area is 185 Å². The van der Waals surface area contributed by atoms with E-state index in [0.717, 1.165) is 30.5 Å². The van der Waals surface area contributed by atoms with Gasteiger partial charge in [-0.15, -0.1) is 0 Å². The van der Waals surface area contributed by atoms with E-state index in [9.17, 15) is 4.39 Å². The number of halogens is 1. The molecule has 0 spiro atoms. The van der Waals surface area contributed by atoms with Crippen molar-refractivity contribution in [2.45, 2.75) is 45.1 Å². The van der Waals surface area contributed by atoms with E-state index in [0.29, 0.717) is 17.3 Å². The highest BCUT2D eigenvalue weighted by Crippen LogP contribution is 2.43. The summed E-state index contributed by atoms with van der Waals surface area (Å²) in [5.41, 5.74) is 8.09. The Balaban J connectivity index is 1.37. The molecule has 0 bridgehead atoms. The van der Waals surface area contributed by atoms with Crippen LogP contribution >= 0.6 is 0 Å². The van der Waals surface area contributed by atoms with Crippen molar-refractivity contribution in [3.63, 3.8) is 0 Å². The lowest BCUT2D eigenvalue weighted by Crippen LogP contribution is -2.21. The van der Waals surface area contributed by atoms with E-state index in [1.807, 2.05) is 6.20 Å². The minimum absolute atomic E-state index is 0.233. The summed E-state index contributed by atoms with van der Waals surface area (Å²) in [4.78, 5) is 13.4. The highest BCUT2D eigenvalue weighted by Gasteiger charge is 2.31. The van der Waals surface area contributed by atoms with Crippen molar-refractivity contribution >= 4 is 17.2 Å². The van der Waals surface area contributed by atoms with Crippen LogP contribution in [0.15, 0.2) is 54.5 Å². The number of pyridine rings is 1. The van der Waals surface area contributed by atoms with Gasteiger partial charge in [-0.2, -0.15) is 14.6 Å². The van der Waals surface area contributed by atoms with Crippen LogP contribution in [0.1, 0.15) is 49.3 Å². The van der Waals surface area contributed by atoms with E-state index < -0.39 is 5.82 Å². The van der Waals surface area contributed by atoms with Gasteiger partial charge in [0.1, 0.15) is 5.82 Å². The van der Waals surface area contributed by atoms with Gasteiger partial charge in [0.15, 0.2) is 11.5 Å². The van der Waals surface area contributed by atoms with Crippen LogP contribution in [0.25, 0.3) is 22.6 Å². The predicted octanol–water partition coefficient (Wildman–Crippen LogP) is 5.03. The first-order chi connectivity index (χ1) is 15.6. The number of rotatable bonds is 4. The zero-order valence-electron chi connectivity index (χ0n) is 18.0. The molecule has 7 heteroatoms. The van der Waals surface area contributed by atoms with E-state index in [4.69, 9.17) is 9.97 Å². The first-order valence-corrected chi connectivity index (χ1v) is 11.0. The summed E-state index contributed by atoms with van der Waals surface area (Å²) < 4.78 is 15.6. The Bertz CT molecular complexity index is 1390. The molecule has 2 aliphatic rings. The molecule has 2 aliphatic carbocycles. The highest BCUT2D eigenvalue weighted by molar-refractivity contribution is 5.79. The Kier molecular flexibility index (Phi) is 4.31. The fourth-order valence-corrected chi connectivity index (χ4v) is 4.90. The van der Waals surface area contributed by atoms with Crippen LogP contribution in [0.2, 0.25) is 0 Å². The van der Waals surface area contributed by atoms with Crippen LogP contribution in [-0.2, 0) is 6.42 Å². The van der Waals surface area contributed by atoms with Gasteiger partial charge in [-0.3, -0.25) is 4.98 Å². The fourth-order valence-electron chi connectivity index (χ4n) is 4.90. The van der Waals surface area contributed by atoms with Gasteiger partial charge in [-0.25, -0.2) is 9.37 Å². The van der Waals surface area contributed by atoms with Crippen LogP contribution in [-0.4, -0.2) is 30.6 Å². The van der Waals surface area contributed by atoms with Crippen LogP contribution < -0.4 is 5.32 Å². The molecule has 6 nitrogen and oxygen atoms in total. The molecule has 0 saturated heterocycles. The molecule has 0 unspecified atom stereocenters. The summed E-state index contributed by atoms with van der Waals surface area (Å²) in [7, 11) is 0. The molecule has 3 aromatic heterocycles. The first kappa shape index (κ1) is 19.1. The molecule has 1 N–H and O–H groups in total. The zero-order valence-corrected chi connectivity index (χ0v) is 18.0. The molecule has 0 amide bonds. The lowest BCUT2D eigenvalue weighted by atomic mass is 10.0. The van der Waals surface area contributed by atoms with Crippen molar-refractivity contribution in [1.82, 2.24) is 24.6 Å². The number of nitrogens with zero attached hydrogens (tertiary/aromatic N) is 5. The van der Waals surface area contributed by atoms with Crippen molar-refractivity contribution in [3.8, 4) is 11.4 Å². The van der Waals surface area contributed by atoms with Crippen LogP contribution in [0.5, 0.6) is 0 Å². The van der Waals surface area contributed by atoms with E-state index >= 15 is 0 Å². The maximum Gasteiger partial charge on any atom is 0.228 e. The van der Waals surface area contributed by atoms with Crippen molar-refractivity contribution in [1.29, 1.82) is 0 Å². The van der Waals surface area contributed by atoms with Crippen molar-refractivity contribution in [3.05, 3.63) is 77.0 Å². The molecule has 4 aromatic rings. The number of aromatic nitrogens is 5. The second-order valence-electron chi connectivity index (χ2n) is 8.92. The average Bonchev–Trinajstić information content (AvgIpc) is 3.46. The maximum atomic E-state index is 13.8. The number of anilines is 1. The quantitative estimate of drug-likeness (QED) is 0.496. The number of hydrogen-bond donors (Lipinski definition) is 1. The van der Waals surface area contributed by atoms with E-state index in [1.165, 1.54) is 34.5 Å². The maximum absolute atomic E-state index is 13.8. The molecule has 1 aromatic carbocycles. The normalized spacial score (nSPS) is 17.3. The van der Waals surface area contributed by atoms with Crippen LogP contribution in [0.4, 0.5) is 10.3 Å². The third-order valence-corrected chi connectivity index (χ3v) is 6.43. The molecule has 0 fully saturated rings. The molecule has 0 aliphatic heterocycles. The smallest absolute Gasteiger partial charge is 0.228 e. The van der Waals surface area contributed by atoms with Gasteiger partial charge < -0.3 is 5.32 Å². The highest BCUT2D eigenvalue weighted by atomic mass is 19.1. The van der Waals surface area contributed by atoms with Crippen molar-refractivity contribution < 1.29 is 4.39 Å². The Morgan fingerprint density at radius 2 is 1.97 bits per heavy atom. The number of fused-ring (bicyclic) bond motifs is 3. The summed E-state index contributed by atoms with van der Waals surface area (Å²) >= 11 is 0. The van der Waals surface area contributed by atoms with Gasteiger partial charge in [0, 0.05) is 23.4 Å². The van der Waals surface area contributed by atoms with Crippen LogP contribution in [0.3, 0.4) is 0 Å². The largest absolute Gasteiger partial charge is 0.351 e. The second kappa shape index (κ2) is 7.22. The van der Waals surface area contributed by atoms with Crippen LogP contribution in [0, 0.1) is 5.82 Å². The Morgan fingerprint density at radius 1 is 1.09 bits per heavy atom. The van der Waals surface area contributed by atoms with Gasteiger partial charge in [0.05, 0.1) is 12.4 Å². The number of hydrogen-bond acceptors (Lipinski definition) is 5. The first-order valence-electron chi connectivity index (χ1n) is 11.0. The summed E-state index contributed by atoms with van der Waals surface area (Å²) in [5.74, 6) is 0.911. The van der Waals surface area contributed by atoms with Gasteiger partial charge in [-0.1, -0.05) is 43.7 Å². The minimum atomic E-state index is -0.409. The zero-order chi connectivity index (χ0) is 21.8. The second-order valence-corrected chi connectivity index (χ2v) is 8.92. The molecule has 1 atom stereocenters. The summed E-state index contributed by atoms with van der Waals surface area (Å²) in [5, 5.41) is 8.18. The van der Waals surface area contributed by atoms with Gasteiger partial charge in [0.2, 0.25) is 5.95 Å². The van der Waals surface area contributed by atoms with Crippen molar-refractivity contribution in [2.24, 2.45) is 0 Å². The van der Waals surface area contributed by atoms with Crippen molar-refractivity contribution in [2.75, 3.05) is 5.32 Å². The van der Waals surface area contributed by atoms with Gasteiger partial charge in [-0.05, 0) is 47.9 Å². The number of benzene rings is 1. The molecule has 0 radical (unpaired) electrons. The molecular weight excluding hydrogens is 403 g/mol. The standard InChI is InChI=1S/C25H23FN6/c1-14(2)22-13-28-32-24(22)30-23(17-8-18(26)12-27-11-17)31-25(32)29-19-9-16-7-15-5-3-4-6-20(15)21(16)10-19/h3-6,8,11-14,19H,7,9-10H2,1-2H3,(H,29,30,31)/t19-/m0/s1. The fraction of sp³-hybridized carbons (Fsp3) is 0.280. The monoisotopic (exact) mass is 426 g/mol. The molecule has 160 valence electrons. The molecule has 0 saturated carbocycles. The minimum Gasteiger partial charge on any atom is -0.351 e. The third kappa shape index (κ3) is 3.07. The SMILES string of the molecule is CC(C)c1cnn2c(N[C@H]3CC4=C(C3)c3ccccc3C4)nc(-c3cncc(F)c3)nc12. The molecule has 3 heterocycles. The predicted molar refractivity (Wildman–Crippen MR) is 122 cm³/mol. The van der Waals surface area contributed by atoms with E-state index in [-0.39, 0.29) is 12.0 Å². The molecule has 6 rings (SSSR count).